The second-order valence-electron chi connectivity index (χ2n) is 4.07. The normalized spacial score (nSPS) is 16.0. The Hall–Kier alpha value is -1.78. The van der Waals surface area contributed by atoms with Gasteiger partial charge in [-0.2, -0.15) is 0 Å². The zero-order valence-corrected chi connectivity index (χ0v) is 9.19. The van der Waals surface area contributed by atoms with Crippen LogP contribution in [0.15, 0.2) is 10.5 Å². The first kappa shape index (κ1) is 10.7. The van der Waals surface area contributed by atoms with Crippen molar-refractivity contribution < 1.29 is 19.1 Å². The lowest BCUT2D eigenvalue weighted by molar-refractivity contribution is -0.146. The van der Waals surface area contributed by atoms with Crippen molar-refractivity contribution in [2.75, 3.05) is 13.1 Å². The number of carbonyl (C=O) groups excluding carboxylic acids is 1. The number of nitrogens with zero attached hydrogens (tertiary/aromatic N) is 1. The molecule has 1 fully saturated rings. The number of rotatable bonds is 2. The molecule has 1 aromatic rings. The molecule has 2 heterocycles. The summed E-state index contributed by atoms with van der Waals surface area (Å²) in [4.78, 5) is 24.0. The third-order valence-corrected chi connectivity index (χ3v) is 2.79. The summed E-state index contributed by atoms with van der Waals surface area (Å²) in [6, 6.07) is 1.69. The van der Waals surface area contributed by atoms with Crippen molar-refractivity contribution >= 4 is 11.9 Å². The van der Waals surface area contributed by atoms with E-state index in [-0.39, 0.29) is 19.0 Å². The van der Waals surface area contributed by atoms with Crippen molar-refractivity contribution in [2.45, 2.75) is 13.8 Å². The maximum absolute atomic E-state index is 11.9. The fourth-order valence-corrected chi connectivity index (χ4v) is 1.81. The van der Waals surface area contributed by atoms with Crippen molar-refractivity contribution in [3.05, 3.63) is 23.2 Å². The molecular weight excluding hydrogens is 210 g/mol. The molecule has 0 radical (unpaired) electrons. The van der Waals surface area contributed by atoms with Crippen LogP contribution in [0.25, 0.3) is 0 Å². The van der Waals surface area contributed by atoms with Crippen LogP contribution < -0.4 is 0 Å². The predicted molar refractivity (Wildman–Crippen MR) is 55.2 cm³/mol. The number of hydrogen-bond donors (Lipinski definition) is 1. The molecule has 1 aliphatic rings. The van der Waals surface area contributed by atoms with Crippen LogP contribution in [0.2, 0.25) is 0 Å². The summed E-state index contributed by atoms with van der Waals surface area (Å²) >= 11 is 0. The van der Waals surface area contributed by atoms with E-state index in [1.807, 2.05) is 0 Å². The lowest BCUT2D eigenvalue weighted by atomic mass is 9.99. The molecular formula is C11H13NO4. The number of hydrogen-bond acceptors (Lipinski definition) is 3. The summed E-state index contributed by atoms with van der Waals surface area (Å²) in [6.45, 7) is 4.09. The molecule has 1 N–H and O–H groups in total. The molecule has 0 bridgehead atoms. The fraction of sp³-hybridized carbons (Fsp3) is 0.455. The molecule has 0 unspecified atom stereocenters. The molecule has 0 aromatic carbocycles. The maximum atomic E-state index is 11.9. The number of carboxylic acid groups (broad SMARTS) is 1. The van der Waals surface area contributed by atoms with Gasteiger partial charge in [0.1, 0.15) is 11.5 Å². The Morgan fingerprint density at radius 1 is 1.44 bits per heavy atom. The highest BCUT2D eigenvalue weighted by Crippen LogP contribution is 2.22. The number of likely N-dealkylation sites (tertiary alicyclic amines) is 1. The van der Waals surface area contributed by atoms with Crippen LogP contribution >= 0.6 is 0 Å². The minimum Gasteiger partial charge on any atom is -0.481 e. The van der Waals surface area contributed by atoms with Gasteiger partial charge in [-0.05, 0) is 19.9 Å². The van der Waals surface area contributed by atoms with E-state index in [1.165, 1.54) is 4.90 Å². The topological polar surface area (TPSA) is 70.8 Å². The molecule has 5 heteroatoms. The van der Waals surface area contributed by atoms with E-state index in [4.69, 9.17) is 9.52 Å². The molecule has 5 nitrogen and oxygen atoms in total. The van der Waals surface area contributed by atoms with Gasteiger partial charge in [-0.15, -0.1) is 0 Å². The van der Waals surface area contributed by atoms with Crippen molar-refractivity contribution in [2.24, 2.45) is 5.92 Å². The molecule has 86 valence electrons. The van der Waals surface area contributed by atoms with E-state index in [0.29, 0.717) is 17.1 Å². The lowest BCUT2D eigenvalue weighted by Crippen LogP contribution is -2.53. The number of carboxylic acids is 1. The Morgan fingerprint density at radius 2 is 2.06 bits per heavy atom. The summed E-state index contributed by atoms with van der Waals surface area (Å²) < 4.78 is 5.26. The van der Waals surface area contributed by atoms with Crippen molar-refractivity contribution in [3.8, 4) is 0 Å². The van der Waals surface area contributed by atoms with Gasteiger partial charge in [-0.1, -0.05) is 0 Å². The summed E-state index contributed by atoms with van der Waals surface area (Å²) in [6.07, 6.45) is 0. The van der Waals surface area contributed by atoms with Crippen LogP contribution in [0, 0.1) is 19.8 Å². The zero-order valence-electron chi connectivity index (χ0n) is 9.19. The Kier molecular flexibility index (Phi) is 2.46. The Balaban J connectivity index is 2.05. The van der Waals surface area contributed by atoms with Crippen LogP contribution in [0.3, 0.4) is 0 Å². The minimum absolute atomic E-state index is 0.146. The quantitative estimate of drug-likeness (QED) is 0.813. The van der Waals surface area contributed by atoms with Crippen molar-refractivity contribution in [3.63, 3.8) is 0 Å². The van der Waals surface area contributed by atoms with Gasteiger partial charge in [-0.25, -0.2) is 0 Å². The van der Waals surface area contributed by atoms with Crippen LogP contribution in [-0.4, -0.2) is 35.0 Å². The van der Waals surface area contributed by atoms with Gasteiger partial charge in [-0.3, -0.25) is 9.59 Å². The summed E-state index contributed by atoms with van der Waals surface area (Å²) in [5, 5.41) is 8.71. The van der Waals surface area contributed by atoms with Crippen LogP contribution in [0.4, 0.5) is 0 Å². The third-order valence-electron chi connectivity index (χ3n) is 2.79. The first-order valence-electron chi connectivity index (χ1n) is 5.08. The van der Waals surface area contributed by atoms with E-state index in [2.05, 4.69) is 0 Å². The molecule has 0 saturated carbocycles. The molecule has 0 aliphatic carbocycles. The molecule has 1 aromatic heterocycles. The van der Waals surface area contributed by atoms with E-state index in [0.717, 1.165) is 0 Å². The lowest BCUT2D eigenvalue weighted by Gasteiger charge is -2.36. The van der Waals surface area contributed by atoms with Crippen molar-refractivity contribution in [1.82, 2.24) is 4.90 Å². The molecule has 16 heavy (non-hydrogen) atoms. The Labute approximate surface area is 92.7 Å². The average Bonchev–Trinajstić information content (AvgIpc) is 2.41. The smallest absolute Gasteiger partial charge is 0.310 e. The van der Waals surface area contributed by atoms with Crippen molar-refractivity contribution in [1.29, 1.82) is 0 Å². The number of aliphatic carboxylic acids is 1. The number of furan rings is 1. The van der Waals surface area contributed by atoms with Gasteiger partial charge in [0, 0.05) is 13.1 Å². The highest BCUT2D eigenvalue weighted by atomic mass is 16.4. The van der Waals surface area contributed by atoms with E-state index in [1.54, 1.807) is 19.9 Å². The van der Waals surface area contributed by atoms with Gasteiger partial charge in [0.25, 0.3) is 5.91 Å². The number of carbonyl (C=O) groups is 2. The third kappa shape index (κ3) is 1.68. The van der Waals surface area contributed by atoms with Crippen LogP contribution in [0.5, 0.6) is 0 Å². The minimum atomic E-state index is -0.843. The molecule has 1 saturated heterocycles. The second kappa shape index (κ2) is 3.66. The number of aryl methyl sites for hydroxylation is 2. The van der Waals surface area contributed by atoms with Crippen LogP contribution in [-0.2, 0) is 4.79 Å². The van der Waals surface area contributed by atoms with Crippen LogP contribution in [0.1, 0.15) is 21.9 Å². The Bertz CT molecular complexity index is 443. The highest BCUT2D eigenvalue weighted by molar-refractivity contribution is 5.96. The second-order valence-corrected chi connectivity index (χ2v) is 4.07. The SMILES string of the molecule is Cc1cc(C(=O)N2CC(C(=O)O)C2)c(C)o1. The molecule has 0 atom stereocenters. The highest BCUT2D eigenvalue weighted by Gasteiger charge is 2.36. The standard InChI is InChI=1S/C11H13NO4/c1-6-3-9(7(2)16-6)10(13)12-4-8(5-12)11(14)15/h3,8H,4-5H2,1-2H3,(H,14,15). The number of amides is 1. The van der Waals surface area contributed by atoms with E-state index in [9.17, 15) is 9.59 Å². The predicted octanol–water partition coefficient (Wildman–Crippen LogP) is 1.05. The molecule has 1 aliphatic heterocycles. The monoisotopic (exact) mass is 223 g/mol. The summed E-state index contributed by atoms with van der Waals surface area (Å²) in [5.41, 5.74) is 0.529. The fourth-order valence-electron chi connectivity index (χ4n) is 1.81. The Morgan fingerprint density at radius 3 is 2.50 bits per heavy atom. The van der Waals surface area contributed by atoms with Gasteiger partial charge in [0.05, 0.1) is 11.5 Å². The molecule has 2 rings (SSSR count). The summed E-state index contributed by atoms with van der Waals surface area (Å²) in [7, 11) is 0. The zero-order chi connectivity index (χ0) is 11.9. The summed E-state index contributed by atoms with van der Waals surface area (Å²) in [5.74, 6) is -0.134. The first-order chi connectivity index (χ1) is 7.49. The van der Waals surface area contributed by atoms with Gasteiger partial charge < -0.3 is 14.4 Å². The maximum Gasteiger partial charge on any atom is 0.310 e. The van der Waals surface area contributed by atoms with Gasteiger partial charge in [0.2, 0.25) is 0 Å². The van der Waals surface area contributed by atoms with E-state index < -0.39 is 11.9 Å². The first-order valence-corrected chi connectivity index (χ1v) is 5.08. The van der Waals surface area contributed by atoms with Gasteiger partial charge in [0.15, 0.2) is 0 Å². The molecule has 0 spiro atoms. The average molecular weight is 223 g/mol. The largest absolute Gasteiger partial charge is 0.481 e. The van der Waals surface area contributed by atoms with Gasteiger partial charge >= 0.3 is 5.97 Å². The van der Waals surface area contributed by atoms with E-state index >= 15 is 0 Å². The molecule has 1 amide bonds.